The quantitative estimate of drug-likeness (QED) is 0.653. The van der Waals surface area contributed by atoms with Crippen molar-refractivity contribution < 1.29 is 0 Å². The van der Waals surface area contributed by atoms with Crippen LogP contribution in [-0.4, -0.2) is 29.3 Å². The molecule has 0 aromatic heterocycles. The van der Waals surface area contributed by atoms with E-state index in [1.807, 2.05) is 18.2 Å². The minimum Gasteiger partial charge on any atom is -0.307 e. The lowest BCUT2D eigenvalue weighted by Crippen LogP contribution is -2.51. The summed E-state index contributed by atoms with van der Waals surface area (Å²) in [7, 11) is 0. The lowest BCUT2D eigenvalue weighted by atomic mass is 10.1. The Morgan fingerprint density at radius 3 is 2.54 bits per heavy atom. The van der Waals surface area contributed by atoms with Gasteiger partial charge < -0.3 is 5.73 Å². The van der Waals surface area contributed by atoms with E-state index in [1.165, 1.54) is 19.3 Å². The predicted octanol–water partition coefficient (Wildman–Crippen LogP) is 1.06. The van der Waals surface area contributed by atoms with Crippen molar-refractivity contribution >= 4 is 0 Å². The minimum absolute atomic E-state index is 0.0306. The van der Waals surface area contributed by atoms with Gasteiger partial charge in [0.2, 0.25) is 0 Å². The number of nitrogens with two attached hydrogens (primary N) is 1. The van der Waals surface area contributed by atoms with Gasteiger partial charge in [-0.1, -0.05) is 12.5 Å². The Bertz CT molecular complexity index is 216. The molecule has 3 nitrogen and oxygen atoms in total. The van der Waals surface area contributed by atoms with Gasteiger partial charge in [0.05, 0.1) is 0 Å². The Kier molecular flexibility index (Phi) is 2.66. The summed E-state index contributed by atoms with van der Waals surface area (Å²) in [4.78, 5) is 0. The van der Waals surface area contributed by atoms with Crippen molar-refractivity contribution in [1.82, 2.24) is 10.0 Å². The molecule has 1 atom stereocenters. The highest BCUT2D eigenvalue weighted by Gasteiger charge is 2.19. The van der Waals surface area contributed by atoms with E-state index in [1.54, 1.807) is 0 Å². The molecular weight excluding hydrogens is 162 g/mol. The molecule has 1 unspecified atom stereocenters. The van der Waals surface area contributed by atoms with E-state index >= 15 is 0 Å². The molecule has 0 radical (unpaired) electrons. The number of hydrazine groups is 1. The molecule has 1 saturated heterocycles. The molecule has 0 aromatic rings. The largest absolute Gasteiger partial charge is 0.307 e. The van der Waals surface area contributed by atoms with Gasteiger partial charge in [-0.25, -0.2) is 5.01 Å². The zero-order valence-electron chi connectivity index (χ0n) is 7.89. The summed E-state index contributed by atoms with van der Waals surface area (Å²) in [5, 5.41) is 4.48. The summed E-state index contributed by atoms with van der Waals surface area (Å²) in [6.07, 6.45) is 12.1. The first kappa shape index (κ1) is 8.78. The second-order valence-corrected chi connectivity index (χ2v) is 3.61. The van der Waals surface area contributed by atoms with Crippen molar-refractivity contribution in [3.8, 4) is 0 Å². The van der Waals surface area contributed by atoms with E-state index in [-0.39, 0.29) is 6.17 Å². The highest BCUT2D eigenvalue weighted by Crippen LogP contribution is 2.15. The van der Waals surface area contributed by atoms with Gasteiger partial charge in [0, 0.05) is 19.3 Å². The average molecular weight is 179 g/mol. The van der Waals surface area contributed by atoms with Crippen molar-refractivity contribution in [1.29, 1.82) is 0 Å². The Balaban J connectivity index is 1.98. The van der Waals surface area contributed by atoms with Gasteiger partial charge in [-0.3, -0.25) is 5.01 Å². The first-order valence-corrected chi connectivity index (χ1v) is 5.02. The van der Waals surface area contributed by atoms with Gasteiger partial charge in [-0.2, -0.15) is 0 Å². The van der Waals surface area contributed by atoms with Crippen LogP contribution in [0.2, 0.25) is 0 Å². The second-order valence-electron chi connectivity index (χ2n) is 3.61. The molecule has 3 heteroatoms. The smallest absolute Gasteiger partial charge is 0.111 e. The SMILES string of the molecule is NC1C=CC=CN1N1CCCCC1. The molecule has 0 aromatic carbocycles. The summed E-state index contributed by atoms with van der Waals surface area (Å²) in [6, 6.07) is 0. The fraction of sp³-hybridized carbons (Fsp3) is 0.600. The lowest BCUT2D eigenvalue weighted by Gasteiger charge is -2.40. The fourth-order valence-electron chi connectivity index (χ4n) is 1.89. The van der Waals surface area contributed by atoms with Crippen LogP contribution < -0.4 is 5.73 Å². The standard InChI is InChI=1S/C10H17N3/c11-10-6-2-5-9-13(10)12-7-3-1-4-8-12/h2,5-6,9-10H,1,3-4,7-8,11H2. The number of nitrogens with zero attached hydrogens (tertiary/aromatic N) is 2. The van der Waals surface area contributed by atoms with Crippen molar-refractivity contribution in [2.24, 2.45) is 5.73 Å². The minimum atomic E-state index is 0.0306. The van der Waals surface area contributed by atoms with Crippen LogP contribution in [0.25, 0.3) is 0 Å². The van der Waals surface area contributed by atoms with Crippen LogP contribution in [0.3, 0.4) is 0 Å². The van der Waals surface area contributed by atoms with E-state index in [4.69, 9.17) is 5.73 Å². The zero-order valence-corrected chi connectivity index (χ0v) is 7.89. The monoisotopic (exact) mass is 179 g/mol. The van der Waals surface area contributed by atoms with Crippen LogP contribution in [-0.2, 0) is 0 Å². The molecule has 72 valence electrons. The molecule has 1 fully saturated rings. The first-order valence-electron chi connectivity index (χ1n) is 5.02. The second kappa shape index (κ2) is 3.94. The first-order chi connectivity index (χ1) is 6.38. The van der Waals surface area contributed by atoms with Crippen molar-refractivity contribution in [2.45, 2.75) is 25.4 Å². The maximum atomic E-state index is 5.96. The zero-order chi connectivity index (χ0) is 9.10. The van der Waals surface area contributed by atoms with Gasteiger partial charge in [0.1, 0.15) is 6.17 Å². The Labute approximate surface area is 79.5 Å². The van der Waals surface area contributed by atoms with Crippen molar-refractivity contribution in [3.05, 3.63) is 24.4 Å². The van der Waals surface area contributed by atoms with Gasteiger partial charge in [0.25, 0.3) is 0 Å². The molecule has 0 amide bonds. The summed E-state index contributed by atoms with van der Waals surface area (Å²) in [5.41, 5.74) is 5.96. The molecule has 2 N–H and O–H groups in total. The van der Waals surface area contributed by atoms with E-state index in [0.717, 1.165) is 13.1 Å². The molecule has 2 heterocycles. The summed E-state index contributed by atoms with van der Waals surface area (Å²) >= 11 is 0. The Morgan fingerprint density at radius 2 is 1.85 bits per heavy atom. The predicted molar refractivity (Wildman–Crippen MR) is 53.5 cm³/mol. The molecular formula is C10H17N3. The number of allylic oxidation sites excluding steroid dienone is 2. The van der Waals surface area contributed by atoms with Crippen LogP contribution in [0, 0.1) is 0 Å². The number of piperidine rings is 1. The summed E-state index contributed by atoms with van der Waals surface area (Å²) in [5.74, 6) is 0. The van der Waals surface area contributed by atoms with E-state index in [2.05, 4.69) is 16.2 Å². The van der Waals surface area contributed by atoms with Gasteiger partial charge in [-0.05, 0) is 25.0 Å². The van der Waals surface area contributed by atoms with Gasteiger partial charge in [0.15, 0.2) is 0 Å². The van der Waals surface area contributed by atoms with E-state index in [0.29, 0.717) is 0 Å². The Hall–Kier alpha value is -0.800. The topological polar surface area (TPSA) is 32.5 Å². The lowest BCUT2D eigenvalue weighted by molar-refractivity contribution is -0.0162. The number of rotatable bonds is 1. The fourth-order valence-corrected chi connectivity index (χ4v) is 1.89. The normalized spacial score (nSPS) is 29.6. The third kappa shape index (κ3) is 1.92. The average Bonchev–Trinajstić information content (AvgIpc) is 2.20. The molecule has 0 saturated carbocycles. The molecule has 13 heavy (non-hydrogen) atoms. The van der Waals surface area contributed by atoms with Crippen LogP contribution in [0.1, 0.15) is 19.3 Å². The van der Waals surface area contributed by atoms with E-state index in [9.17, 15) is 0 Å². The third-order valence-corrected chi connectivity index (χ3v) is 2.62. The molecule has 2 aliphatic heterocycles. The highest BCUT2D eigenvalue weighted by atomic mass is 15.6. The maximum absolute atomic E-state index is 5.96. The molecule has 2 aliphatic rings. The van der Waals surface area contributed by atoms with Gasteiger partial charge >= 0.3 is 0 Å². The highest BCUT2D eigenvalue weighted by molar-refractivity contribution is 5.11. The van der Waals surface area contributed by atoms with Crippen molar-refractivity contribution in [2.75, 3.05) is 13.1 Å². The van der Waals surface area contributed by atoms with Gasteiger partial charge in [-0.15, -0.1) is 0 Å². The maximum Gasteiger partial charge on any atom is 0.111 e. The molecule has 0 spiro atoms. The Morgan fingerprint density at radius 1 is 1.08 bits per heavy atom. The number of hydrogen-bond acceptors (Lipinski definition) is 3. The van der Waals surface area contributed by atoms with E-state index < -0.39 is 0 Å². The van der Waals surface area contributed by atoms with Crippen molar-refractivity contribution in [3.63, 3.8) is 0 Å². The molecule has 0 aliphatic carbocycles. The van der Waals surface area contributed by atoms with Crippen LogP contribution >= 0.6 is 0 Å². The molecule has 0 bridgehead atoms. The van der Waals surface area contributed by atoms with Crippen LogP contribution in [0.4, 0.5) is 0 Å². The summed E-state index contributed by atoms with van der Waals surface area (Å²) in [6.45, 7) is 2.29. The number of hydrogen-bond donors (Lipinski definition) is 1. The third-order valence-electron chi connectivity index (χ3n) is 2.62. The van der Waals surface area contributed by atoms with Crippen LogP contribution in [0.15, 0.2) is 24.4 Å². The summed E-state index contributed by atoms with van der Waals surface area (Å²) < 4.78 is 0. The van der Waals surface area contributed by atoms with Crippen LogP contribution in [0.5, 0.6) is 0 Å². The molecule has 2 rings (SSSR count).